The van der Waals surface area contributed by atoms with Crippen molar-refractivity contribution in [3.8, 4) is 0 Å². The molecule has 3 nitrogen and oxygen atoms in total. The largest absolute Gasteiger partial charge is 0.394 e. The molecule has 0 radical (unpaired) electrons. The van der Waals surface area contributed by atoms with E-state index < -0.39 is 0 Å². The predicted molar refractivity (Wildman–Crippen MR) is 82.0 cm³/mol. The van der Waals surface area contributed by atoms with Crippen molar-refractivity contribution in [2.75, 3.05) is 18.1 Å². The van der Waals surface area contributed by atoms with E-state index in [-0.39, 0.29) is 12.6 Å². The monoisotopic (exact) mass is 328 g/mol. The van der Waals surface area contributed by atoms with Crippen LogP contribution in [0.1, 0.15) is 18.9 Å². The molecule has 2 atom stereocenters. The van der Waals surface area contributed by atoms with Gasteiger partial charge >= 0.3 is 0 Å². The van der Waals surface area contributed by atoms with E-state index in [9.17, 15) is 5.11 Å². The van der Waals surface area contributed by atoms with E-state index in [1.165, 1.54) is 0 Å². The molecule has 1 aromatic rings. The third-order valence-corrected chi connectivity index (χ3v) is 4.32. The zero-order chi connectivity index (χ0) is 13.3. The van der Waals surface area contributed by atoms with Gasteiger partial charge in [0.2, 0.25) is 0 Å². The average molecular weight is 329 g/mol. The van der Waals surface area contributed by atoms with Crippen molar-refractivity contribution in [1.82, 2.24) is 0 Å². The zero-order valence-corrected chi connectivity index (χ0v) is 12.7. The van der Waals surface area contributed by atoms with Crippen LogP contribution >= 0.6 is 28.1 Å². The summed E-state index contributed by atoms with van der Waals surface area (Å²) < 4.78 is 0.994. The zero-order valence-electron chi connectivity index (χ0n) is 10.3. The lowest BCUT2D eigenvalue weighted by atomic mass is 10.0. The molecule has 2 unspecified atom stereocenters. The Hall–Kier alpha value is -0.650. The summed E-state index contributed by atoms with van der Waals surface area (Å²) in [6.07, 6.45) is 1.08. The highest BCUT2D eigenvalue weighted by Crippen LogP contribution is 2.33. The summed E-state index contributed by atoms with van der Waals surface area (Å²) in [5.74, 6) is 0.480. The summed E-state index contributed by atoms with van der Waals surface area (Å²) >= 11 is 8.58. The van der Waals surface area contributed by atoms with Gasteiger partial charge in [-0.15, -0.1) is 0 Å². The van der Waals surface area contributed by atoms with E-state index in [0.717, 1.165) is 28.7 Å². The first-order valence-electron chi connectivity index (χ1n) is 6.01. The van der Waals surface area contributed by atoms with Crippen molar-refractivity contribution >= 4 is 38.8 Å². The van der Waals surface area contributed by atoms with Crippen LogP contribution in [0.15, 0.2) is 22.7 Å². The molecule has 1 fully saturated rings. The van der Waals surface area contributed by atoms with Crippen LogP contribution in [0.5, 0.6) is 0 Å². The number of thiocarbonyl (C=S) groups is 1. The molecular weight excluding hydrogens is 312 g/mol. The third-order valence-electron chi connectivity index (χ3n) is 3.60. The Morgan fingerprint density at radius 1 is 1.61 bits per heavy atom. The van der Waals surface area contributed by atoms with Crippen LogP contribution in [-0.2, 0) is 0 Å². The molecule has 0 aliphatic carbocycles. The number of aliphatic hydroxyl groups excluding tert-OH is 1. The van der Waals surface area contributed by atoms with E-state index >= 15 is 0 Å². The van der Waals surface area contributed by atoms with Gasteiger partial charge in [0.25, 0.3) is 0 Å². The summed E-state index contributed by atoms with van der Waals surface area (Å²) in [6.45, 7) is 3.25. The highest BCUT2D eigenvalue weighted by Gasteiger charge is 2.32. The molecule has 0 aromatic heterocycles. The number of benzene rings is 1. The fraction of sp³-hybridized carbons (Fsp3) is 0.462. The van der Waals surface area contributed by atoms with Crippen molar-refractivity contribution in [3.05, 3.63) is 28.2 Å². The first-order valence-corrected chi connectivity index (χ1v) is 7.21. The SMILES string of the molecule is CC1CCN(c2cc(Br)ccc2C(N)=S)C1CO. The number of hydrogen-bond donors (Lipinski definition) is 2. The molecule has 1 aliphatic rings. The maximum absolute atomic E-state index is 9.55. The normalized spacial score (nSPS) is 23.4. The van der Waals surface area contributed by atoms with Crippen molar-refractivity contribution in [2.24, 2.45) is 11.7 Å². The van der Waals surface area contributed by atoms with Gasteiger partial charge < -0.3 is 15.7 Å². The summed E-state index contributed by atoms with van der Waals surface area (Å²) in [7, 11) is 0. The van der Waals surface area contributed by atoms with Crippen LogP contribution in [0, 0.1) is 5.92 Å². The van der Waals surface area contributed by atoms with Gasteiger partial charge in [0.15, 0.2) is 0 Å². The predicted octanol–water partition coefficient (Wildman–Crippen LogP) is 2.29. The van der Waals surface area contributed by atoms with Gasteiger partial charge in [0.1, 0.15) is 4.99 Å². The minimum absolute atomic E-state index is 0.146. The van der Waals surface area contributed by atoms with Crippen LogP contribution < -0.4 is 10.6 Å². The molecule has 1 heterocycles. The fourth-order valence-electron chi connectivity index (χ4n) is 2.54. The van der Waals surface area contributed by atoms with E-state index in [1.807, 2.05) is 18.2 Å². The third kappa shape index (κ3) is 2.53. The molecule has 5 heteroatoms. The molecule has 0 spiro atoms. The molecule has 0 bridgehead atoms. The second-order valence-electron chi connectivity index (χ2n) is 4.73. The minimum atomic E-state index is 0.146. The quantitative estimate of drug-likeness (QED) is 0.836. The Morgan fingerprint density at radius 2 is 2.33 bits per heavy atom. The van der Waals surface area contributed by atoms with Crippen LogP contribution in [-0.4, -0.2) is 29.3 Å². The fourth-order valence-corrected chi connectivity index (χ4v) is 3.06. The number of anilines is 1. The first-order chi connectivity index (χ1) is 8.54. The topological polar surface area (TPSA) is 49.5 Å². The van der Waals surface area contributed by atoms with Gasteiger partial charge in [-0.2, -0.15) is 0 Å². The van der Waals surface area contributed by atoms with Crippen LogP contribution in [0.25, 0.3) is 0 Å². The lowest BCUT2D eigenvalue weighted by Crippen LogP contribution is -2.36. The average Bonchev–Trinajstić information content (AvgIpc) is 2.69. The second-order valence-corrected chi connectivity index (χ2v) is 6.09. The molecule has 0 amide bonds. The number of nitrogens with two attached hydrogens (primary N) is 1. The van der Waals surface area contributed by atoms with Crippen molar-refractivity contribution in [1.29, 1.82) is 0 Å². The lowest BCUT2D eigenvalue weighted by Gasteiger charge is -2.29. The lowest BCUT2D eigenvalue weighted by molar-refractivity contribution is 0.245. The van der Waals surface area contributed by atoms with Crippen molar-refractivity contribution in [2.45, 2.75) is 19.4 Å². The Kier molecular flexibility index (Phi) is 4.25. The Bertz CT molecular complexity index is 466. The number of aliphatic hydroxyl groups is 1. The summed E-state index contributed by atoms with van der Waals surface area (Å²) in [6, 6.07) is 6.03. The van der Waals surface area contributed by atoms with Crippen LogP contribution in [0.2, 0.25) is 0 Å². The summed E-state index contributed by atoms with van der Waals surface area (Å²) in [5, 5.41) is 9.55. The molecule has 1 aliphatic heterocycles. The molecule has 3 N–H and O–H groups in total. The number of nitrogens with zero attached hydrogens (tertiary/aromatic N) is 1. The Labute approximate surface area is 121 Å². The highest BCUT2D eigenvalue weighted by molar-refractivity contribution is 9.10. The van der Waals surface area contributed by atoms with Gasteiger partial charge in [-0.1, -0.05) is 35.1 Å². The smallest absolute Gasteiger partial charge is 0.106 e. The van der Waals surface area contributed by atoms with E-state index in [1.54, 1.807) is 0 Å². The molecule has 1 aromatic carbocycles. The van der Waals surface area contributed by atoms with E-state index in [4.69, 9.17) is 18.0 Å². The Morgan fingerprint density at radius 3 is 2.94 bits per heavy atom. The second kappa shape index (κ2) is 5.55. The van der Waals surface area contributed by atoms with Gasteiger partial charge in [0.05, 0.1) is 12.6 Å². The molecule has 0 saturated carbocycles. The van der Waals surface area contributed by atoms with E-state index in [2.05, 4.69) is 27.8 Å². The van der Waals surface area contributed by atoms with Gasteiger partial charge in [-0.3, -0.25) is 0 Å². The Balaban J connectivity index is 2.43. The maximum Gasteiger partial charge on any atom is 0.106 e. The number of halogens is 1. The molecule has 2 rings (SSSR count). The van der Waals surface area contributed by atoms with Crippen LogP contribution in [0.3, 0.4) is 0 Å². The number of rotatable bonds is 3. The van der Waals surface area contributed by atoms with Gasteiger partial charge in [-0.05, 0) is 30.5 Å². The van der Waals surface area contributed by atoms with Gasteiger partial charge in [-0.25, -0.2) is 0 Å². The molecule has 98 valence electrons. The first kappa shape index (κ1) is 13.8. The molecule has 18 heavy (non-hydrogen) atoms. The van der Waals surface area contributed by atoms with Crippen molar-refractivity contribution < 1.29 is 5.11 Å². The number of hydrogen-bond acceptors (Lipinski definition) is 3. The summed E-state index contributed by atoms with van der Waals surface area (Å²) in [5.41, 5.74) is 7.67. The molecule has 1 saturated heterocycles. The van der Waals surface area contributed by atoms with E-state index in [0.29, 0.717) is 10.9 Å². The van der Waals surface area contributed by atoms with Crippen molar-refractivity contribution in [3.63, 3.8) is 0 Å². The van der Waals surface area contributed by atoms with Gasteiger partial charge in [0, 0.05) is 22.3 Å². The summed E-state index contributed by atoms with van der Waals surface area (Å²) in [4.78, 5) is 2.61. The standard InChI is InChI=1S/C13H17BrN2OS/c1-8-4-5-16(12(8)7-17)11-6-9(14)2-3-10(11)13(15)18/h2-3,6,8,12,17H,4-5,7H2,1H3,(H2,15,18). The minimum Gasteiger partial charge on any atom is -0.394 e. The maximum atomic E-state index is 9.55. The van der Waals surface area contributed by atoms with Crippen LogP contribution in [0.4, 0.5) is 5.69 Å². The highest BCUT2D eigenvalue weighted by atomic mass is 79.9. The molecular formula is C13H17BrN2OS.